The van der Waals surface area contributed by atoms with Gasteiger partial charge in [-0.15, -0.1) is 0 Å². The van der Waals surface area contributed by atoms with E-state index in [0.29, 0.717) is 33.0 Å². The van der Waals surface area contributed by atoms with Crippen molar-refractivity contribution in [3.63, 3.8) is 0 Å². The summed E-state index contributed by atoms with van der Waals surface area (Å²) < 4.78 is 27.7. The molecule has 3 N–H and O–H groups in total. The standard InChI is InChI=1S/C19H33N4O5P.C10H16N2O4/c1-7-17(12-26-14-22-10-8-18(24)21-19(22)25)13-28-29(27-11-9-20-6)23(15(2)3)16(4)5;1-2-8(5-13)6-16-7-12-4-3-9(14)11-10(12)15/h8,10,15-17H,7,9,11-14H2,1-5H3,(H,21,24,25);3-4,8,13H,2,5-7H2,1H3,(H,11,14,15)/t17-,29?;8-/m10/s1. The molecule has 45 heavy (non-hydrogen) atoms. The van der Waals surface area contributed by atoms with Gasteiger partial charge in [0, 0.05) is 55.1 Å². The largest absolute Gasteiger partial charge is 0.396 e. The van der Waals surface area contributed by atoms with Gasteiger partial charge >= 0.3 is 11.4 Å². The zero-order chi connectivity index (χ0) is 33.8. The molecule has 0 aromatic carbocycles. The van der Waals surface area contributed by atoms with E-state index in [-0.39, 0.29) is 44.0 Å². The van der Waals surface area contributed by atoms with Crippen LogP contribution in [0.25, 0.3) is 4.85 Å². The van der Waals surface area contributed by atoms with Crippen LogP contribution in [0.15, 0.2) is 43.7 Å². The summed E-state index contributed by atoms with van der Waals surface area (Å²) in [6, 6.07) is 3.04. The van der Waals surface area contributed by atoms with Crippen LogP contribution in [0.4, 0.5) is 0 Å². The van der Waals surface area contributed by atoms with Gasteiger partial charge in [-0.3, -0.25) is 28.7 Å². The minimum Gasteiger partial charge on any atom is -0.396 e. The third-order valence-electron chi connectivity index (χ3n) is 6.45. The van der Waals surface area contributed by atoms with Gasteiger partial charge in [-0.25, -0.2) is 20.8 Å². The number of H-pyrrole nitrogens is 2. The summed E-state index contributed by atoms with van der Waals surface area (Å²) in [4.78, 5) is 52.5. The smallest absolute Gasteiger partial charge is 0.330 e. The lowest BCUT2D eigenvalue weighted by Crippen LogP contribution is -2.34. The molecule has 16 heteroatoms. The lowest BCUT2D eigenvalue weighted by atomic mass is 10.1. The van der Waals surface area contributed by atoms with Gasteiger partial charge in [-0.05, 0) is 40.5 Å². The van der Waals surface area contributed by atoms with E-state index in [4.69, 9.17) is 30.2 Å². The number of hydrogen-bond donors (Lipinski definition) is 3. The second kappa shape index (κ2) is 22.5. The Morgan fingerprint density at radius 3 is 1.73 bits per heavy atom. The molecular weight excluding hydrogens is 607 g/mol. The first-order valence-corrected chi connectivity index (χ1v) is 16.1. The Morgan fingerprint density at radius 1 is 0.844 bits per heavy atom. The summed E-state index contributed by atoms with van der Waals surface area (Å²) in [6.45, 7) is 21.4. The Balaban J connectivity index is 0.000000532. The van der Waals surface area contributed by atoms with E-state index in [0.717, 1.165) is 12.8 Å². The van der Waals surface area contributed by atoms with Gasteiger partial charge in [-0.2, -0.15) is 0 Å². The highest BCUT2D eigenvalue weighted by Gasteiger charge is 2.28. The quantitative estimate of drug-likeness (QED) is 0.109. The van der Waals surface area contributed by atoms with Crippen LogP contribution in [0.3, 0.4) is 0 Å². The van der Waals surface area contributed by atoms with E-state index in [1.165, 1.54) is 33.7 Å². The van der Waals surface area contributed by atoms with Crippen molar-refractivity contribution in [1.29, 1.82) is 0 Å². The van der Waals surface area contributed by atoms with Gasteiger partial charge in [0.05, 0.1) is 19.8 Å². The predicted molar refractivity (Wildman–Crippen MR) is 172 cm³/mol. The summed E-state index contributed by atoms with van der Waals surface area (Å²) in [5, 5.41) is 8.92. The van der Waals surface area contributed by atoms with E-state index < -0.39 is 31.0 Å². The number of nitrogens with one attached hydrogen (secondary N) is 2. The number of aromatic amines is 2. The highest BCUT2D eigenvalue weighted by atomic mass is 31.2. The average molecular weight is 657 g/mol. The number of nitrogens with zero attached hydrogens (tertiary/aromatic N) is 4. The normalized spacial score (nSPS) is 13.4. The van der Waals surface area contributed by atoms with Crippen molar-refractivity contribution in [3.05, 3.63) is 77.6 Å². The number of aromatic nitrogens is 4. The monoisotopic (exact) mass is 656 g/mol. The molecule has 2 rings (SSSR count). The molecule has 0 spiro atoms. The minimum absolute atomic E-state index is 0.0620. The van der Waals surface area contributed by atoms with Crippen molar-refractivity contribution < 1.29 is 23.6 Å². The van der Waals surface area contributed by atoms with Crippen molar-refractivity contribution in [2.75, 3.05) is 39.6 Å². The molecule has 2 aromatic rings. The van der Waals surface area contributed by atoms with Gasteiger partial charge in [0.15, 0.2) is 0 Å². The van der Waals surface area contributed by atoms with Gasteiger partial charge < -0.3 is 28.5 Å². The number of ether oxygens (including phenoxy) is 2. The van der Waals surface area contributed by atoms with Gasteiger partial charge in [-0.1, -0.05) is 13.8 Å². The molecule has 0 saturated carbocycles. The van der Waals surface area contributed by atoms with Crippen molar-refractivity contribution in [2.24, 2.45) is 11.8 Å². The fraction of sp³-hybridized carbons (Fsp3) is 0.690. The zero-order valence-corrected chi connectivity index (χ0v) is 28.0. The number of rotatable bonds is 20. The molecule has 0 aliphatic rings. The molecule has 0 aliphatic heterocycles. The SMILES string of the molecule is CC[C@@H](CO)COCn1ccc(=O)[nH]c1=O.[C-]#[N+]CCOP(OC[C@H](CC)COCn1ccc(=O)[nH]c1=O)N(C(C)C)C(C)C. The molecular formula is C29H49N6O9P. The summed E-state index contributed by atoms with van der Waals surface area (Å²) >= 11 is 0. The van der Waals surface area contributed by atoms with Crippen LogP contribution in [0.5, 0.6) is 0 Å². The van der Waals surface area contributed by atoms with E-state index in [1.807, 2.05) is 13.8 Å². The molecule has 0 amide bonds. The molecule has 0 aliphatic carbocycles. The van der Waals surface area contributed by atoms with Crippen LogP contribution in [0, 0.1) is 18.4 Å². The Kier molecular flexibility index (Phi) is 20.1. The van der Waals surface area contributed by atoms with Crippen molar-refractivity contribution in [1.82, 2.24) is 23.8 Å². The molecule has 3 atom stereocenters. The van der Waals surface area contributed by atoms with Crippen LogP contribution in [0.2, 0.25) is 0 Å². The predicted octanol–water partition coefficient (Wildman–Crippen LogP) is 2.36. The molecule has 0 saturated heterocycles. The fourth-order valence-corrected chi connectivity index (χ4v) is 5.46. The third kappa shape index (κ3) is 15.7. The maximum atomic E-state index is 11.7. The van der Waals surface area contributed by atoms with Crippen LogP contribution in [-0.2, 0) is 32.0 Å². The van der Waals surface area contributed by atoms with Gasteiger partial charge in [0.1, 0.15) is 20.1 Å². The van der Waals surface area contributed by atoms with Crippen LogP contribution >= 0.6 is 8.53 Å². The van der Waals surface area contributed by atoms with Crippen LogP contribution in [0.1, 0.15) is 54.4 Å². The van der Waals surface area contributed by atoms with E-state index >= 15 is 0 Å². The first-order valence-electron chi connectivity index (χ1n) is 15.0. The summed E-state index contributed by atoms with van der Waals surface area (Å²) in [5.74, 6) is 0.211. The van der Waals surface area contributed by atoms with Crippen LogP contribution in [-0.4, -0.2) is 80.5 Å². The van der Waals surface area contributed by atoms with Gasteiger partial charge in [0.25, 0.3) is 19.6 Å². The van der Waals surface area contributed by atoms with Gasteiger partial charge in [0.2, 0.25) is 6.54 Å². The zero-order valence-electron chi connectivity index (χ0n) is 27.1. The van der Waals surface area contributed by atoms with Crippen molar-refractivity contribution in [3.8, 4) is 0 Å². The van der Waals surface area contributed by atoms with E-state index in [2.05, 4.69) is 47.2 Å². The second-order valence-corrected chi connectivity index (χ2v) is 12.2. The van der Waals surface area contributed by atoms with Crippen molar-refractivity contribution >= 4 is 8.53 Å². The summed E-state index contributed by atoms with van der Waals surface area (Å²) in [7, 11) is -1.28. The lowest BCUT2D eigenvalue weighted by Gasteiger charge is -2.36. The number of aliphatic hydroxyl groups is 1. The maximum absolute atomic E-state index is 11.7. The second-order valence-electron chi connectivity index (χ2n) is 10.7. The summed E-state index contributed by atoms with van der Waals surface area (Å²) in [6.07, 6.45) is 4.44. The first kappa shape index (κ1) is 40.1. The molecule has 0 radical (unpaired) electrons. The molecule has 0 fully saturated rings. The third-order valence-corrected chi connectivity index (χ3v) is 8.52. The fourth-order valence-electron chi connectivity index (χ4n) is 3.79. The average Bonchev–Trinajstić information content (AvgIpc) is 2.99. The molecule has 2 heterocycles. The molecule has 1 unspecified atom stereocenters. The topological polar surface area (TPSA) is 174 Å². The van der Waals surface area contributed by atoms with E-state index in [1.54, 1.807) is 0 Å². The number of hydrogen-bond acceptors (Lipinski definition) is 10. The molecule has 254 valence electrons. The number of aliphatic hydroxyl groups excluding tert-OH is 1. The van der Waals surface area contributed by atoms with Crippen LogP contribution < -0.4 is 22.5 Å². The molecule has 2 aromatic heterocycles. The Hall–Kier alpha value is -2.96. The van der Waals surface area contributed by atoms with Crippen molar-refractivity contribution in [2.45, 2.75) is 79.9 Å². The Bertz CT molecular complexity index is 1360. The highest BCUT2D eigenvalue weighted by molar-refractivity contribution is 7.44. The lowest BCUT2D eigenvalue weighted by molar-refractivity contribution is 0.0296. The summed E-state index contributed by atoms with van der Waals surface area (Å²) in [5.41, 5.74) is -1.85. The minimum atomic E-state index is -1.28. The Morgan fingerprint density at radius 2 is 1.33 bits per heavy atom. The highest BCUT2D eigenvalue weighted by Crippen LogP contribution is 2.46. The Labute approximate surface area is 264 Å². The molecule has 15 nitrogen and oxygen atoms in total. The maximum Gasteiger partial charge on any atom is 0.330 e. The first-order chi connectivity index (χ1) is 21.5. The van der Waals surface area contributed by atoms with E-state index in [9.17, 15) is 19.2 Å². The molecule has 0 bridgehead atoms.